The maximum atomic E-state index is 11.4. The zero-order valence-corrected chi connectivity index (χ0v) is 18.3. The Balaban J connectivity index is 2.10. The van der Waals surface area contributed by atoms with Crippen molar-refractivity contribution in [2.45, 2.75) is 63.8 Å². The Labute approximate surface area is 165 Å². The lowest BCUT2D eigenvalue weighted by Crippen LogP contribution is -2.51. The zero-order chi connectivity index (χ0) is 20.0. The maximum absolute atomic E-state index is 11.4. The first-order valence-electron chi connectivity index (χ1n) is 9.60. The van der Waals surface area contributed by atoms with Gasteiger partial charge in [-0.15, -0.1) is 0 Å². The van der Waals surface area contributed by atoms with Crippen molar-refractivity contribution in [1.29, 1.82) is 0 Å². The van der Waals surface area contributed by atoms with E-state index < -0.39 is 18.9 Å². The van der Waals surface area contributed by atoms with E-state index >= 15 is 0 Å². The van der Waals surface area contributed by atoms with E-state index in [-0.39, 0.29) is 0 Å². The molecule has 0 saturated heterocycles. The van der Waals surface area contributed by atoms with Gasteiger partial charge in [0.25, 0.3) is 0 Å². The molecule has 0 bridgehead atoms. The molecule has 2 aromatic rings. The molecule has 0 aliphatic heterocycles. The van der Waals surface area contributed by atoms with Crippen LogP contribution in [0.25, 0.3) is 0 Å². The molecule has 144 valence electrons. The lowest BCUT2D eigenvalue weighted by atomic mass is 10.0. The van der Waals surface area contributed by atoms with Gasteiger partial charge in [-0.3, -0.25) is 0 Å². The topological polar surface area (TPSA) is 29.5 Å². The van der Waals surface area contributed by atoms with Gasteiger partial charge >= 0.3 is 0 Å². The van der Waals surface area contributed by atoms with Crippen LogP contribution in [0.15, 0.2) is 60.7 Å². The van der Waals surface area contributed by atoms with Crippen molar-refractivity contribution in [3.63, 3.8) is 0 Å². The normalized spacial score (nSPS) is 14.1. The first kappa shape index (κ1) is 21.4. The molecular formula is C24H32O2Si. The summed E-state index contributed by atoms with van der Waals surface area (Å²) >= 11 is 0. The summed E-state index contributed by atoms with van der Waals surface area (Å²) in [6.07, 6.45) is 1.47. The van der Waals surface area contributed by atoms with Gasteiger partial charge in [0, 0.05) is 0 Å². The summed E-state index contributed by atoms with van der Waals surface area (Å²) in [4.78, 5) is 0. The number of benzene rings is 2. The quantitative estimate of drug-likeness (QED) is 0.527. The molecule has 2 aromatic carbocycles. The molecule has 2 nitrogen and oxygen atoms in total. The van der Waals surface area contributed by atoms with Crippen molar-refractivity contribution in [3.05, 3.63) is 71.8 Å². The van der Waals surface area contributed by atoms with Gasteiger partial charge in [-0.2, -0.15) is 0 Å². The van der Waals surface area contributed by atoms with Crippen molar-refractivity contribution < 1.29 is 9.84 Å². The molecule has 2 rings (SSSR count). The molecule has 27 heavy (non-hydrogen) atoms. The fraction of sp³-hybridized carbons (Fsp3) is 0.417. The average molecular weight is 381 g/mol. The molecular weight excluding hydrogens is 348 g/mol. The summed E-state index contributed by atoms with van der Waals surface area (Å²) < 4.78 is 6.02. The van der Waals surface area contributed by atoms with Crippen LogP contribution in [0.3, 0.4) is 0 Å². The fourth-order valence-corrected chi connectivity index (χ4v) is 4.04. The molecule has 0 radical (unpaired) electrons. The predicted octanol–water partition coefficient (Wildman–Crippen LogP) is 5.23. The van der Waals surface area contributed by atoms with Gasteiger partial charge in [-0.25, -0.2) is 0 Å². The average Bonchev–Trinajstić information content (AvgIpc) is 2.64. The highest BCUT2D eigenvalue weighted by Crippen LogP contribution is 2.26. The lowest BCUT2D eigenvalue weighted by molar-refractivity contribution is 0.0139. The second-order valence-electron chi connectivity index (χ2n) is 8.63. The first-order valence-corrected chi connectivity index (χ1v) is 13.1. The third-order valence-electron chi connectivity index (χ3n) is 4.87. The highest BCUT2D eigenvalue weighted by atomic mass is 28.3. The Bertz CT molecular complexity index is 767. The molecule has 0 aliphatic carbocycles. The van der Waals surface area contributed by atoms with Gasteiger partial charge in [0.1, 0.15) is 10.8 Å². The molecule has 0 aliphatic rings. The molecule has 1 unspecified atom stereocenters. The van der Waals surface area contributed by atoms with Crippen LogP contribution in [0.5, 0.6) is 0 Å². The van der Waals surface area contributed by atoms with Crippen molar-refractivity contribution in [1.82, 2.24) is 0 Å². The minimum atomic E-state index is -1.92. The van der Waals surface area contributed by atoms with Crippen LogP contribution >= 0.6 is 0 Å². The fourth-order valence-electron chi connectivity index (χ4n) is 2.72. The van der Waals surface area contributed by atoms with E-state index in [1.807, 2.05) is 62.4 Å². The number of aliphatic hydroxyl groups is 1. The largest absolute Gasteiger partial charge is 0.381 e. The molecule has 0 heterocycles. The summed E-state index contributed by atoms with van der Waals surface area (Å²) in [5, 5.41) is 10.4. The van der Waals surface area contributed by atoms with Crippen molar-refractivity contribution in [2.24, 2.45) is 0 Å². The first-order chi connectivity index (χ1) is 12.6. The van der Waals surface area contributed by atoms with Gasteiger partial charge in [-0.05, 0) is 37.8 Å². The van der Waals surface area contributed by atoms with E-state index in [0.717, 1.165) is 12.0 Å². The van der Waals surface area contributed by atoms with Crippen LogP contribution in [0.4, 0.5) is 0 Å². The highest BCUT2D eigenvalue weighted by Gasteiger charge is 2.40. The van der Waals surface area contributed by atoms with Crippen LogP contribution in [0, 0.1) is 11.8 Å². The third-order valence-corrected chi connectivity index (χ3v) is 7.73. The minimum Gasteiger partial charge on any atom is -0.381 e. The molecule has 0 aromatic heterocycles. The van der Waals surface area contributed by atoms with Crippen LogP contribution in [0.1, 0.15) is 31.4 Å². The summed E-state index contributed by atoms with van der Waals surface area (Å²) in [5.74, 6) is 6.45. The number of hydrogen-bond donors (Lipinski definition) is 1. The Morgan fingerprint density at radius 3 is 1.89 bits per heavy atom. The van der Waals surface area contributed by atoms with Gasteiger partial charge in [0.2, 0.25) is 0 Å². The molecule has 0 saturated carbocycles. The Hall–Kier alpha value is -1.86. The van der Waals surface area contributed by atoms with Crippen molar-refractivity contribution in [2.75, 3.05) is 0 Å². The number of rotatable bonds is 7. The predicted molar refractivity (Wildman–Crippen MR) is 116 cm³/mol. The van der Waals surface area contributed by atoms with E-state index in [9.17, 15) is 5.11 Å². The zero-order valence-electron chi connectivity index (χ0n) is 17.3. The Morgan fingerprint density at radius 1 is 0.852 bits per heavy atom. The number of aryl methyl sites for hydroxylation is 1. The summed E-state index contributed by atoms with van der Waals surface area (Å²) in [6, 6.07) is 20.4. The van der Waals surface area contributed by atoms with E-state index in [0.29, 0.717) is 13.0 Å². The summed E-state index contributed by atoms with van der Waals surface area (Å²) in [7, 11) is -1.92. The van der Waals surface area contributed by atoms with Crippen LogP contribution in [-0.2, 0) is 17.8 Å². The summed E-state index contributed by atoms with van der Waals surface area (Å²) in [5.41, 5.74) is 1.74. The number of hydrogen-bond acceptors (Lipinski definition) is 2. The molecule has 1 N–H and O–H groups in total. The highest BCUT2D eigenvalue weighted by molar-refractivity contribution is 6.79. The van der Waals surface area contributed by atoms with Crippen molar-refractivity contribution >= 4 is 8.07 Å². The second kappa shape index (κ2) is 8.88. The van der Waals surface area contributed by atoms with Crippen molar-refractivity contribution in [3.8, 4) is 11.8 Å². The lowest BCUT2D eigenvalue weighted by Gasteiger charge is -2.35. The molecule has 0 amide bonds. The van der Waals surface area contributed by atoms with Gasteiger partial charge in [0.15, 0.2) is 0 Å². The minimum absolute atomic E-state index is 0.512. The van der Waals surface area contributed by atoms with E-state index in [2.05, 4.69) is 43.6 Å². The SMILES string of the molecule is CC(C)(C#CC(O)(CCc1ccccc1)[Si](C)(C)C)OCc1ccccc1. The third kappa shape index (κ3) is 6.66. The number of ether oxygens (including phenoxy) is 1. The van der Waals surface area contributed by atoms with E-state index in [1.165, 1.54) is 5.56 Å². The monoisotopic (exact) mass is 380 g/mol. The maximum Gasteiger partial charge on any atom is 0.123 e. The van der Waals surface area contributed by atoms with E-state index in [1.54, 1.807) is 0 Å². The van der Waals surface area contributed by atoms with Crippen LogP contribution in [0.2, 0.25) is 19.6 Å². The molecule has 1 atom stereocenters. The second-order valence-corrected chi connectivity index (χ2v) is 14.0. The Kier molecular flexibility index (Phi) is 7.05. The van der Waals surface area contributed by atoms with Crippen LogP contribution in [-0.4, -0.2) is 24.0 Å². The smallest absolute Gasteiger partial charge is 0.123 e. The van der Waals surface area contributed by atoms with Gasteiger partial charge in [-0.1, -0.05) is 92.1 Å². The van der Waals surface area contributed by atoms with Crippen LogP contribution < -0.4 is 0 Å². The van der Waals surface area contributed by atoms with Gasteiger partial charge in [0.05, 0.1) is 14.7 Å². The Morgan fingerprint density at radius 2 is 1.37 bits per heavy atom. The van der Waals surface area contributed by atoms with Gasteiger partial charge < -0.3 is 9.84 Å². The van der Waals surface area contributed by atoms with E-state index in [4.69, 9.17) is 4.74 Å². The molecule has 3 heteroatoms. The standard InChI is InChI=1S/C24H32O2Si/c1-23(2,26-20-22-14-10-7-11-15-22)18-19-24(25,27(3,4)5)17-16-21-12-8-6-9-13-21/h6-15,25H,16-17,20H2,1-5H3. The molecule has 0 spiro atoms. The molecule has 0 fully saturated rings. The summed E-state index contributed by atoms with van der Waals surface area (Å²) in [6.45, 7) is 11.0.